The Balaban J connectivity index is 2.63. The van der Waals surface area contributed by atoms with Gasteiger partial charge >= 0.3 is 0 Å². The number of hydrogen-bond acceptors (Lipinski definition) is 4. The minimum Gasteiger partial charge on any atom is -0.389 e. The first kappa shape index (κ1) is 16.8. The molecule has 1 aromatic rings. The van der Waals surface area contributed by atoms with Crippen molar-refractivity contribution < 1.29 is 14.6 Å². The number of aliphatic hydroxyl groups excluding tert-OH is 1. The van der Waals surface area contributed by atoms with Crippen LogP contribution in [0.1, 0.15) is 18.6 Å². The molecule has 0 unspecified atom stereocenters. The lowest BCUT2D eigenvalue weighted by molar-refractivity contribution is -0.119. The van der Waals surface area contributed by atoms with E-state index in [-0.39, 0.29) is 12.5 Å². The van der Waals surface area contributed by atoms with Crippen LogP contribution in [0.15, 0.2) is 18.2 Å². The van der Waals surface area contributed by atoms with Gasteiger partial charge in [0.05, 0.1) is 30.0 Å². The van der Waals surface area contributed by atoms with Gasteiger partial charge in [-0.3, -0.25) is 4.79 Å². The Bertz CT molecular complexity index is 452. The van der Waals surface area contributed by atoms with Crippen LogP contribution in [0, 0.1) is 0 Å². The number of carbonyl (C=O) groups excluding carboxylic acids is 1. The number of ether oxygens (including phenoxy) is 1. The van der Waals surface area contributed by atoms with E-state index in [0.29, 0.717) is 18.2 Å². The summed E-state index contributed by atoms with van der Waals surface area (Å²) in [5.41, 5.74) is 1.50. The Kier molecular flexibility index (Phi) is 6.78. The number of hydrogen-bond donors (Lipinski definition) is 2. The number of anilines is 1. The number of halogens is 1. The summed E-state index contributed by atoms with van der Waals surface area (Å²) in [5.74, 6) is -0.0970. The molecule has 0 spiro atoms. The average Bonchev–Trinajstić information content (AvgIpc) is 2.38. The van der Waals surface area contributed by atoms with Gasteiger partial charge in [0.25, 0.3) is 0 Å². The van der Waals surface area contributed by atoms with Crippen LogP contribution in [0.4, 0.5) is 5.69 Å². The van der Waals surface area contributed by atoms with E-state index in [1.165, 1.54) is 0 Å². The normalized spacial score (nSPS) is 12.1. The molecule has 0 aliphatic rings. The zero-order valence-electron chi connectivity index (χ0n) is 12.0. The summed E-state index contributed by atoms with van der Waals surface area (Å²) < 4.78 is 4.86. The Hall–Kier alpha value is -1.30. The molecule has 0 saturated heterocycles. The van der Waals surface area contributed by atoms with Gasteiger partial charge in [-0.15, -0.1) is 0 Å². The number of benzene rings is 1. The number of aliphatic hydroxyl groups is 1. The molecule has 2 N–H and O–H groups in total. The predicted octanol–water partition coefficient (Wildman–Crippen LogP) is 1.59. The highest BCUT2D eigenvalue weighted by molar-refractivity contribution is 6.33. The van der Waals surface area contributed by atoms with E-state index in [2.05, 4.69) is 5.32 Å². The van der Waals surface area contributed by atoms with Crippen LogP contribution in [0.5, 0.6) is 0 Å². The molecule has 1 atom stereocenters. The summed E-state index contributed by atoms with van der Waals surface area (Å²) in [5, 5.41) is 12.7. The first-order valence-electron chi connectivity index (χ1n) is 6.40. The summed E-state index contributed by atoms with van der Waals surface area (Å²) in [7, 11) is 3.38. The van der Waals surface area contributed by atoms with Crippen molar-refractivity contribution >= 4 is 23.2 Å². The lowest BCUT2D eigenvalue weighted by Gasteiger charge is -2.21. The first-order chi connectivity index (χ1) is 9.45. The van der Waals surface area contributed by atoms with E-state index in [4.69, 9.17) is 16.3 Å². The third-order valence-electron chi connectivity index (χ3n) is 2.87. The highest BCUT2D eigenvalue weighted by Gasteiger charge is 2.12. The minimum absolute atomic E-state index is 0.0970. The monoisotopic (exact) mass is 300 g/mol. The fourth-order valence-electron chi connectivity index (χ4n) is 1.74. The number of amides is 1. The average molecular weight is 301 g/mol. The largest absolute Gasteiger partial charge is 0.389 e. The molecular weight excluding hydrogens is 280 g/mol. The molecule has 1 amide bonds. The van der Waals surface area contributed by atoms with Gasteiger partial charge in [0.15, 0.2) is 0 Å². The van der Waals surface area contributed by atoms with Gasteiger partial charge in [-0.1, -0.05) is 17.7 Å². The minimum atomic E-state index is -0.566. The highest BCUT2D eigenvalue weighted by atomic mass is 35.5. The topological polar surface area (TPSA) is 61.8 Å². The Morgan fingerprint density at radius 1 is 1.55 bits per heavy atom. The van der Waals surface area contributed by atoms with Crippen molar-refractivity contribution in [1.82, 2.24) is 5.32 Å². The van der Waals surface area contributed by atoms with E-state index >= 15 is 0 Å². The number of likely N-dealkylation sites (N-methyl/N-ethyl adjacent to an activating group) is 1. The van der Waals surface area contributed by atoms with E-state index < -0.39 is 6.10 Å². The molecule has 0 saturated carbocycles. The van der Waals surface area contributed by atoms with Crippen LogP contribution in [-0.2, 0) is 9.53 Å². The highest BCUT2D eigenvalue weighted by Crippen LogP contribution is 2.28. The van der Waals surface area contributed by atoms with Gasteiger partial charge in [0, 0.05) is 20.7 Å². The van der Waals surface area contributed by atoms with E-state index in [1.54, 1.807) is 44.2 Å². The SMILES string of the molecule is COCCNC(=O)CN(C)c1ccc([C@@H](C)O)cc1Cl. The fraction of sp³-hybridized carbons (Fsp3) is 0.500. The molecule has 5 nitrogen and oxygen atoms in total. The second-order valence-electron chi connectivity index (χ2n) is 4.59. The Morgan fingerprint density at radius 3 is 2.80 bits per heavy atom. The molecule has 0 heterocycles. The maximum Gasteiger partial charge on any atom is 0.239 e. The van der Waals surface area contributed by atoms with Gasteiger partial charge in [0.2, 0.25) is 5.91 Å². The zero-order valence-corrected chi connectivity index (χ0v) is 12.8. The molecule has 0 aromatic heterocycles. The lowest BCUT2D eigenvalue weighted by Crippen LogP contribution is -2.36. The summed E-state index contributed by atoms with van der Waals surface area (Å²) in [4.78, 5) is 13.5. The molecule has 0 bridgehead atoms. The maximum absolute atomic E-state index is 11.7. The summed E-state index contributed by atoms with van der Waals surface area (Å²) in [6, 6.07) is 5.30. The quantitative estimate of drug-likeness (QED) is 0.751. The van der Waals surface area contributed by atoms with E-state index in [9.17, 15) is 9.90 Å². The number of carbonyl (C=O) groups is 1. The summed E-state index contributed by atoms with van der Waals surface area (Å²) >= 11 is 6.17. The van der Waals surface area contributed by atoms with Crippen LogP contribution in [0.25, 0.3) is 0 Å². The van der Waals surface area contributed by atoms with E-state index in [0.717, 1.165) is 11.3 Å². The van der Waals surface area contributed by atoms with Crippen molar-refractivity contribution in [2.75, 3.05) is 38.8 Å². The van der Waals surface area contributed by atoms with Crippen LogP contribution >= 0.6 is 11.6 Å². The molecule has 1 rings (SSSR count). The second kappa shape index (κ2) is 8.09. The van der Waals surface area contributed by atoms with Crippen LogP contribution < -0.4 is 10.2 Å². The number of nitrogens with zero attached hydrogens (tertiary/aromatic N) is 1. The van der Waals surface area contributed by atoms with Gasteiger partial charge in [-0.25, -0.2) is 0 Å². The Morgan fingerprint density at radius 2 is 2.25 bits per heavy atom. The Labute approximate surface area is 124 Å². The fourth-order valence-corrected chi connectivity index (χ4v) is 2.07. The van der Waals surface area contributed by atoms with Crippen LogP contribution in [0.3, 0.4) is 0 Å². The molecule has 20 heavy (non-hydrogen) atoms. The van der Waals surface area contributed by atoms with Gasteiger partial charge < -0.3 is 20.1 Å². The van der Waals surface area contributed by atoms with Gasteiger partial charge in [-0.2, -0.15) is 0 Å². The smallest absolute Gasteiger partial charge is 0.239 e. The van der Waals surface area contributed by atoms with Gasteiger partial charge in [-0.05, 0) is 24.6 Å². The lowest BCUT2D eigenvalue weighted by atomic mass is 10.1. The van der Waals surface area contributed by atoms with Crippen LogP contribution in [-0.4, -0.2) is 44.9 Å². The standard InChI is InChI=1S/C14H21ClN2O3/c1-10(18)11-4-5-13(12(15)8-11)17(2)9-14(19)16-6-7-20-3/h4-5,8,10,18H,6-7,9H2,1-3H3,(H,16,19)/t10-/m1/s1. The van der Waals surface area contributed by atoms with Crippen molar-refractivity contribution in [2.45, 2.75) is 13.0 Å². The van der Waals surface area contributed by atoms with Crippen molar-refractivity contribution in [3.05, 3.63) is 28.8 Å². The third kappa shape index (κ3) is 5.00. The van der Waals surface area contributed by atoms with Crippen molar-refractivity contribution in [3.63, 3.8) is 0 Å². The summed E-state index contributed by atoms with van der Waals surface area (Å²) in [6.07, 6.45) is -0.566. The van der Waals surface area contributed by atoms with Gasteiger partial charge in [0.1, 0.15) is 0 Å². The maximum atomic E-state index is 11.7. The molecule has 1 aromatic carbocycles. The molecule has 0 aliphatic carbocycles. The molecule has 0 radical (unpaired) electrons. The van der Waals surface area contributed by atoms with Crippen molar-refractivity contribution in [3.8, 4) is 0 Å². The number of nitrogens with one attached hydrogen (secondary N) is 1. The van der Waals surface area contributed by atoms with E-state index in [1.807, 2.05) is 0 Å². The van der Waals surface area contributed by atoms with Crippen molar-refractivity contribution in [2.24, 2.45) is 0 Å². The summed E-state index contributed by atoms with van der Waals surface area (Å²) in [6.45, 7) is 2.85. The molecular formula is C14H21ClN2O3. The third-order valence-corrected chi connectivity index (χ3v) is 3.18. The van der Waals surface area contributed by atoms with Crippen molar-refractivity contribution in [1.29, 1.82) is 0 Å². The second-order valence-corrected chi connectivity index (χ2v) is 4.99. The predicted molar refractivity (Wildman–Crippen MR) is 80.2 cm³/mol. The first-order valence-corrected chi connectivity index (χ1v) is 6.77. The number of methoxy groups -OCH3 is 1. The van der Waals surface area contributed by atoms with Crippen LogP contribution in [0.2, 0.25) is 5.02 Å². The molecule has 0 aliphatic heterocycles. The zero-order chi connectivity index (χ0) is 15.1. The molecule has 0 fully saturated rings. The molecule has 6 heteroatoms. The molecule has 112 valence electrons. The number of rotatable bonds is 7.